The molecular weight excluding hydrogens is 306 g/mol. The first-order valence-electron chi connectivity index (χ1n) is 8.12. The van der Waals surface area contributed by atoms with Gasteiger partial charge in [-0.2, -0.15) is 5.26 Å². The van der Waals surface area contributed by atoms with Crippen molar-refractivity contribution >= 4 is 17.6 Å². The number of pyridine rings is 1. The quantitative estimate of drug-likeness (QED) is 0.788. The van der Waals surface area contributed by atoms with E-state index in [2.05, 4.69) is 9.88 Å². The number of carbonyl (C=O) groups excluding carboxylic acids is 2. The van der Waals surface area contributed by atoms with Crippen molar-refractivity contribution in [3.8, 4) is 6.07 Å². The molecular formula is C18H23N3O3. The van der Waals surface area contributed by atoms with Crippen molar-refractivity contribution in [2.45, 2.75) is 33.6 Å². The number of anilines is 1. The number of aromatic nitrogens is 1. The van der Waals surface area contributed by atoms with Crippen LogP contribution in [0.15, 0.2) is 18.3 Å². The van der Waals surface area contributed by atoms with Crippen molar-refractivity contribution in [3.63, 3.8) is 0 Å². The second-order valence-corrected chi connectivity index (χ2v) is 7.06. The number of hydrogen-bond donors (Lipinski definition) is 0. The molecule has 2 rings (SSSR count). The van der Waals surface area contributed by atoms with Gasteiger partial charge in [-0.3, -0.25) is 9.59 Å². The molecule has 1 fully saturated rings. The smallest absolute Gasteiger partial charge is 0.309 e. The van der Waals surface area contributed by atoms with Crippen molar-refractivity contribution in [2.24, 2.45) is 11.3 Å². The van der Waals surface area contributed by atoms with E-state index in [1.807, 2.05) is 32.9 Å². The molecule has 1 aromatic heterocycles. The summed E-state index contributed by atoms with van der Waals surface area (Å²) in [6, 6.07) is 5.60. The fourth-order valence-electron chi connectivity index (χ4n) is 2.45. The molecule has 0 N–H and O–H groups in total. The lowest BCUT2D eigenvalue weighted by atomic mass is 9.91. The SMILES string of the molecule is CC(C)(C)C(=O)COC(=O)C1CCN(c2ccc(C#N)cn2)CC1. The van der Waals surface area contributed by atoms with Crippen molar-refractivity contribution in [3.05, 3.63) is 23.9 Å². The molecule has 0 atom stereocenters. The van der Waals surface area contributed by atoms with Gasteiger partial charge in [-0.15, -0.1) is 0 Å². The number of carbonyl (C=O) groups is 2. The minimum atomic E-state index is -0.495. The summed E-state index contributed by atoms with van der Waals surface area (Å²) in [5, 5.41) is 8.80. The Morgan fingerprint density at radius 1 is 1.33 bits per heavy atom. The number of piperidine rings is 1. The number of esters is 1. The second-order valence-electron chi connectivity index (χ2n) is 7.06. The van der Waals surface area contributed by atoms with Crippen LogP contribution in [0.2, 0.25) is 0 Å². The highest BCUT2D eigenvalue weighted by Crippen LogP contribution is 2.23. The highest BCUT2D eigenvalue weighted by Gasteiger charge is 2.28. The van der Waals surface area contributed by atoms with E-state index in [4.69, 9.17) is 10.00 Å². The summed E-state index contributed by atoms with van der Waals surface area (Å²) in [6.07, 6.45) is 2.89. The zero-order valence-electron chi connectivity index (χ0n) is 14.4. The molecule has 1 saturated heterocycles. The van der Waals surface area contributed by atoms with Gasteiger partial charge in [0, 0.05) is 24.7 Å². The lowest BCUT2D eigenvalue weighted by Gasteiger charge is -2.31. The summed E-state index contributed by atoms with van der Waals surface area (Å²) in [6.45, 7) is 6.68. The third-order valence-electron chi connectivity index (χ3n) is 4.21. The molecule has 6 heteroatoms. The molecule has 0 amide bonds. The molecule has 0 saturated carbocycles. The number of rotatable bonds is 4. The normalized spacial score (nSPS) is 15.7. The van der Waals surface area contributed by atoms with E-state index in [0.717, 1.165) is 5.82 Å². The highest BCUT2D eigenvalue weighted by molar-refractivity contribution is 5.87. The van der Waals surface area contributed by atoms with Crippen LogP contribution in [0.4, 0.5) is 5.82 Å². The monoisotopic (exact) mass is 329 g/mol. The van der Waals surface area contributed by atoms with E-state index < -0.39 is 5.41 Å². The molecule has 1 aromatic rings. The van der Waals surface area contributed by atoms with Crippen LogP contribution in [0.5, 0.6) is 0 Å². The third kappa shape index (κ3) is 4.54. The molecule has 0 aliphatic carbocycles. The van der Waals surface area contributed by atoms with Gasteiger partial charge in [0.2, 0.25) is 0 Å². The Morgan fingerprint density at radius 3 is 2.50 bits per heavy atom. The standard InChI is InChI=1S/C18H23N3O3/c1-18(2,3)15(22)12-24-17(23)14-6-8-21(9-7-14)16-5-4-13(10-19)11-20-16/h4-5,11,14H,6-9,12H2,1-3H3. The average molecular weight is 329 g/mol. The first-order valence-corrected chi connectivity index (χ1v) is 8.12. The van der Waals surface area contributed by atoms with Gasteiger partial charge in [0.25, 0.3) is 0 Å². The minimum absolute atomic E-state index is 0.0740. The van der Waals surface area contributed by atoms with Crippen molar-refractivity contribution in [2.75, 3.05) is 24.6 Å². The highest BCUT2D eigenvalue weighted by atomic mass is 16.5. The van der Waals surface area contributed by atoms with E-state index in [0.29, 0.717) is 31.5 Å². The van der Waals surface area contributed by atoms with Gasteiger partial charge >= 0.3 is 5.97 Å². The molecule has 0 aromatic carbocycles. The zero-order chi connectivity index (χ0) is 17.7. The first kappa shape index (κ1) is 17.9. The second kappa shape index (κ2) is 7.43. The van der Waals surface area contributed by atoms with Gasteiger partial charge in [0.05, 0.1) is 11.5 Å². The van der Waals surface area contributed by atoms with Gasteiger partial charge in [-0.05, 0) is 25.0 Å². The van der Waals surface area contributed by atoms with Crippen LogP contribution in [-0.4, -0.2) is 36.4 Å². The number of nitriles is 1. The Balaban J connectivity index is 1.82. The number of Topliss-reactive ketones (excluding diaryl/α,β-unsaturated/α-hetero) is 1. The van der Waals surface area contributed by atoms with Crippen LogP contribution >= 0.6 is 0 Å². The fraction of sp³-hybridized carbons (Fsp3) is 0.556. The predicted molar refractivity (Wildman–Crippen MR) is 89.3 cm³/mol. The molecule has 0 unspecified atom stereocenters. The summed E-state index contributed by atoms with van der Waals surface area (Å²) >= 11 is 0. The lowest BCUT2D eigenvalue weighted by Crippen LogP contribution is -2.38. The van der Waals surface area contributed by atoms with E-state index in [9.17, 15) is 9.59 Å². The number of hydrogen-bond acceptors (Lipinski definition) is 6. The number of nitrogens with zero attached hydrogens (tertiary/aromatic N) is 3. The molecule has 0 radical (unpaired) electrons. The maximum atomic E-state index is 12.1. The lowest BCUT2D eigenvalue weighted by molar-refractivity contribution is -0.154. The topological polar surface area (TPSA) is 83.3 Å². The summed E-state index contributed by atoms with van der Waals surface area (Å²) in [4.78, 5) is 30.3. The molecule has 2 heterocycles. The molecule has 1 aliphatic heterocycles. The Morgan fingerprint density at radius 2 is 2.00 bits per heavy atom. The van der Waals surface area contributed by atoms with Crippen LogP contribution in [0.1, 0.15) is 39.2 Å². The summed E-state index contributed by atoms with van der Waals surface area (Å²) in [5.41, 5.74) is 0.0333. The van der Waals surface area contributed by atoms with Crippen LogP contribution < -0.4 is 4.90 Å². The van der Waals surface area contributed by atoms with Crippen molar-refractivity contribution in [1.82, 2.24) is 4.98 Å². The maximum Gasteiger partial charge on any atom is 0.309 e. The zero-order valence-corrected chi connectivity index (χ0v) is 14.4. The average Bonchev–Trinajstić information content (AvgIpc) is 2.58. The van der Waals surface area contributed by atoms with Crippen molar-refractivity contribution in [1.29, 1.82) is 5.26 Å². The number of ether oxygens (including phenoxy) is 1. The Bertz CT molecular complexity index is 633. The summed E-state index contributed by atoms with van der Waals surface area (Å²) < 4.78 is 5.18. The maximum absolute atomic E-state index is 12.1. The minimum Gasteiger partial charge on any atom is -0.457 e. The van der Waals surface area contributed by atoms with Crippen LogP contribution in [-0.2, 0) is 14.3 Å². The Labute approximate surface area is 142 Å². The van der Waals surface area contributed by atoms with E-state index >= 15 is 0 Å². The first-order chi connectivity index (χ1) is 11.3. The third-order valence-corrected chi connectivity index (χ3v) is 4.21. The van der Waals surface area contributed by atoms with E-state index in [1.165, 1.54) is 0 Å². The molecule has 128 valence electrons. The summed E-state index contributed by atoms with van der Waals surface area (Å²) in [5.74, 6) is 0.270. The van der Waals surface area contributed by atoms with Gasteiger partial charge in [-0.1, -0.05) is 20.8 Å². The largest absolute Gasteiger partial charge is 0.457 e. The fourth-order valence-corrected chi connectivity index (χ4v) is 2.45. The molecule has 1 aliphatic rings. The number of ketones is 1. The van der Waals surface area contributed by atoms with Crippen molar-refractivity contribution < 1.29 is 14.3 Å². The molecule has 0 spiro atoms. The van der Waals surface area contributed by atoms with Gasteiger partial charge in [0.1, 0.15) is 11.9 Å². The predicted octanol–water partition coefficient (Wildman–Crippen LogP) is 2.33. The van der Waals surface area contributed by atoms with Crippen LogP contribution in [0.25, 0.3) is 0 Å². The molecule has 24 heavy (non-hydrogen) atoms. The Kier molecular flexibility index (Phi) is 5.55. The van der Waals surface area contributed by atoms with Crippen LogP contribution in [0, 0.1) is 22.7 Å². The van der Waals surface area contributed by atoms with E-state index in [1.54, 1.807) is 12.3 Å². The van der Waals surface area contributed by atoms with Gasteiger partial charge < -0.3 is 9.64 Å². The van der Waals surface area contributed by atoms with Crippen LogP contribution in [0.3, 0.4) is 0 Å². The van der Waals surface area contributed by atoms with Gasteiger partial charge in [0.15, 0.2) is 12.4 Å². The van der Waals surface area contributed by atoms with Gasteiger partial charge in [-0.25, -0.2) is 4.98 Å². The van der Waals surface area contributed by atoms with E-state index in [-0.39, 0.29) is 24.3 Å². The molecule has 6 nitrogen and oxygen atoms in total. The molecule has 0 bridgehead atoms. The Hall–Kier alpha value is -2.42. The summed E-state index contributed by atoms with van der Waals surface area (Å²) in [7, 11) is 0.